The van der Waals surface area contributed by atoms with Gasteiger partial charge in [-0.3, -0.25) is 14.9 Å². The molecular formula is C20H17BrN2O4. The van der Waals surface area contributed by atoms with Crippen molar-refractivity contribution in [2.45, 2.75) is 13.8 Å². The number of urea groups is 1. The Balaban J connectivity index is 1.97. The quantitative estimate of drug-likeness (QED) is 0.592. The van der Waals surface area contributed by atoms with Crippen molar-refractivity contribution in [1.82, 2.24) is 5.32 Å². The minimum atomic E-state index is -0.765. The highest BCUT2D eigenvalue weighted by atomic mass is 79.9. The van der Waals surface area contributed by atoms with Crippen LogP contribution in [-0.4, -0.2) is 24.5 Å². The van der Waals surface area contributed by atoms with Crippen LogP contribution in [0, 0.1) is 6.92 Å². The number of amides is 4. The fourth-order valence-electron chi connectivity index (χ4n) is 2.74. The van der Waals surface area contributed by atoms with Crippen LogP contribution in [0.4, 0.5) is 10.5 Å². The maximum Gasteiger partial charge on any atom is 0.335 e. The molecule has 138 valence electrons. The summed E-state index contributed by atoms with van der Waals surface area (Å²) in [5.74, 6) is -0.686. The molecule has 1 aliphatic rings. The van der Waals surface area contributed by atoms with Crippen LogP contribution in [0.1, 0.15) is 18.1 Å². The minimum absolute atomic E-state index is 0.110. The van der Waals surface area contributed by atoms with Gasteiger partial charge in [0.2, 0.25) is 0 Å². The van der Waals surface area contributed by atoms with Crippen LogP contribution in [0.3, 0.4) is 0 Å². The number of nitrogens with one attached hydrogen (secondary N) is 1. The van der Waals surface area contributed by atoms with E-state index in [-0.39, 0.29) is 5.57 Å². The fourth-order valence-corrected chi connectivity index (χ4v) is 3.22. The molecule has 1 fully saturated rings. The summed E-state index contributed by atoms with van der Waals surface area (Å²) in [6.07, 6.45) is 1.46. The van der Waals surface area contributed by atoms with E-state index in [1.807, 2.05) is 6.92 Å². The molecule has 3 rings (SSSR count). The summed E-state index contributed by atoms with van der Waals surface area (Å²) in [4.78, 5) is 38.4. The lowest BCUT2D eigenvalue weighted by molar-refractivity contribution is -0.122. The predicted octanol–water partition coefficient (Wildman–Crippen LogP) is 3.82. The van der Waals surface area contributed by atoms with Gasteiger partial charge in [0.15, 0.2) is 0 Å². The largest absolute Gasteiger partial charge is 0.494 e. The number of hydrogen-bond donors (Lipinski definition) is 1. The number of benzene rings is 2. The van der Waals surface area contributed by atoms with Crippen LogP contribution >= 0.6 is 15.9 Å². The van der Waals surface area contributed by atoms with Crippen molar-refractivity contribution in [3.05, 3.63) is 63.6 Å². The third kappa shape index (κ3) is 3.93. The molecule has 0 aromatic heterocycles. The van der Waals surface area contributed by atoms with Gasteiger partial charge >= 0.3 is 6.03 Å². The molecule has 27 heavy (non-hydrogen) atoms. The summed E-state index contributed by atoms with van der Waals surface area (Å²) < 4.78 is 6.21. The van der Waals surface area contributed by atoms with Crippen molar-refractivity contribution < 1.29 is 19.1 Å². The Morgan fingerprint density at radius 2 is 1.81 bits per heavy atom. The molecule has 1 saturated heterocycles. The summed E-state index contributed by atoms with van der Waals surface area (Å²) in [6.45, 7) is 4.22. The molecule has 1 aliphatic heterocycles. The van der Waals surface area contributed by atoms with E-state index >= 15 is 0 Å². The Kier molecular flexibility index (Phi) is 5.41. The lowest BCUT2D eigenvalue weighted by Crippen LogP contribution is -2.54. The smallest absolute Gasteiger partial charge is 0.335 e. The summed E-state index contributed by atoms with van der Waals surface area (Å²) in [5, 5.41) is 2.22. The molecule has 0 aliphatic carbocycles. The molecule has 7 heteroatoms. The van der Waals surface area contributed by atoms with Gasteiger partial charge in [-0.2, -0.15) is 0 Å². The molecule has 0 unspecified atom stereocenters. The molecule has 0 atom stereocenters. The Morgan fingerprint density at radius 3 is 2.44 bits per heavy atom. The second kappa shape index (κ2) is 7.75. The minimum Gasteiger partial charge on any atom is -0.494 e. The van der Waals surface area contributed by atoms with Gasteiger partial charge in [0, 0.05) is 4.47 Å². The van der Waals surface area contributed by atoms with Gasteiger partial charge in [-0.05, 0) is 61.4 Å². The zero-order chi connectivity index (χ0) is 19.6. The van der Waals surface area contributed by atoms with Gasteiger partial charge < -0.3 is 4.74 Å². The number of rotatable bonds is 4. The normalized spacial score (nSPS) is 15.9. The molecule has 1 N–H and O–H groups in total. The lowest BCUT2D eigenvalue weighted by atomic mass is 10.1. The zero-order valence-corrected chi connectivity index (χ0v) is 16.4. The van der Waals surface area contributed by atoms with Gasteiger partial charge in [0.1, 0.15) is 11.3 Å². The number of barbiturate groups is 1. The van der Waals surface area contributed by atoms with E-state index in [0.717, 1.165) is 14.9 Å². The fraction of sp³-hybridized carbons (Fsp3) is 0.150. The van der Waals surface area contributed by atoms with Gasteiger partial charge in [0.25, 0.3) is 11.8 Å². The molecule has 2 aromatic rings. The van der Waals surface area contributed by atoms with E-state index in [0.29, 0.717) is 23.6 Å². The number of aryl methyl sites for hydroxylation is 1. The van der Waals surface area contributed by atoms with Crippen molar-refractivity contribution in [1.29, 1.82) is 0 Å². The standard InChI is InChI=1S/C20H17BrN2O4/c1-3-27-15-7-4-13(5-8-15)11-16-18(24)22-20(26)23(19(16)25)17-9-6-14(21)10-12(17)2/h4-11H,3H2,1-2H3,(H,22,24,26)/b16-11+. The molecule has 1 heterocycles. The number of anilines is 1. The van der Waals surface area contributed by atoms with E-state index in [4.69, 9.17) is 4.74 Å². The average Bonchev–Trinajstić information content (AvgIpc) is 2.62. The van der Waals surface area contributed by atoms with Gasteiger partial charge in [-0.1, -0.05) is 28.1 Å². The highest BCUT2D eigenvalue weighted by Crippen LogP contribution is 2.27. The summed E-state index contributed by atoms with van der Waals surface area (Å²) in [7, 11) is 0. The van der Waals surface area contributed by atoms with Crippen LogP contribution in [0.25, 0.3) is 6.08 Å². The second-order valence-corrected chi connectivity index (χ2v) is 6.81. The zero-order valence-electron chi connectivity index (χ0n) is 14.8. The van der Waals surface area contributed by atoms with Crippen LogP contribution < -0.4 is 15.0 Å². The van der Waals surface area contributed by atoms with Crippen LogP contribution in [0.5, 0.6) is 5.75 Å². The summed E-state index contributed by atoms with van der Waals surface area (Å²) in [6, 6.07) is 11.4. The summed E-state index contributed by atoms with van der Waals surface area (Å²) >= 11 is 3.35. The topological polar surface area (TPSA) is 75.7 Å². The van der Waals surface area contributed by atoms with Crippen molar-refractivity contribution >= 4 is 45.5 Å². The SMILES string of the molecule is CCOc1ccc(/C=C2\C(=O)NC(=O)N(c3ccc(Br)cc3C)C2=O)cc1. The van der Waals surface area contributed by atoms with Crippen molar-refractivity contribution in [3.63, 3.8) is 0 Å². The number of carbonyl (C=O) groups excluding carboxylic acids is 3. The number of nitrogens with zero attached hydrogens (tertiary/aromatic N) is 1. The van der Waals surface area contributed by atoms with E-state index in [9.17, 15) is 14.4 Å². The summed E-state index contributed by atoms with van der Waals surface area (Å²) in [5.41, 5.74) is 1.69. The first-order valence-corrected chi connectivity index (χ1v) is 9.10. The highest BCUT2D eigenvalue weighted by molar-refractivity contribution is 9.10. The van der Waals surface area contributed by atoms with E-state index in [2.05, 4.69) is 21.2 Å². The van der Waals surface area contributed by atoms with Crippen LogP contribution in [-0.2, 0) is 9.59 Å². The first-order chi connectivity index (χ1) is 12.9. The Labute approximate surface area is 164 Å². The second-order valence-electron chi connectivity index (χ2n) is 5.89. The molecule has 2 aromatic carbocycles. The highest BCUT2D eigenvalue weighted by Gasteiger charge is 2.37. The maximum absolute atomic E-state index is 12.9. The third-order valence-electron chi connectivity index (χ3n) is 4.00. The van der Waals surface area contributed by atoms with Crippen molar-refractivity contribution in [3.8, 4) is 5.75 Å². The predicted molar refractivity (Wildman–Crippen MR) is 105 cm³/mol. The lowest BCUT2D eigenvalue weighted by Gasteiger charge is -2.27. The average molecular weight is 429 g/mol. The van der Waals surface area contributed by atoms with Gasteiger partial charge in [-0.15, -0.1) is 0 Å². The van der Waals surface area contributed by atoms with E-state index in [1.165, 1.54) is 6.08 Å². The van der Waals surface area contributed by atoms with Crippen molar-refractivity contribution in [2.24, 2.45) is 0 Å². The van der Waals surface area contributed by atoms with Gasteiger partial charge in [0.05, 0.1) is 12.3 Å². The van der Waals surface area contributed by atoms with Crippen LogP contribution in [0.15, 0.2) is 52.5 Å². The molecule has 6 nitrogen and oxygen atoms in total. The molecule has 0 radical (unpaired) electrons. The number of imide groups is 2. The molecule has 0 bridgehead atoms. The molecule has 0 saturated carbocycles. The van der Waals surface area contributed by atoms with E-state index in [1.54, 1.807) is 49.4 Å². The van der Waals surface area contributed by atoms with E-state index < -0.39 is 17.8 Å². The third-order valence-corrected chi connectivity index (χ3v) is 4.50. The number of carbonyl (C=O) groups is 3. The first-order valence-electron chi connectivity index (χ1n) is 8.31. The van der Waals surface area contributed by atoms with Crippen molar-refractivity contribution in [2.75, 3.05) is 11.5 Å². The molecule has 0 spiro atoms. The van der Waals surface area contributed by atoms with Gasteiger partial charge in [-0.25, -0.2) is 9.69 Å². The Morgan fingerprint density at radius 1 is 1.11 bits per heavy atom. The first kappa shape index (κ1) is 18.8. The molecular weight excluding hydrogens is 412 g/mol. The van der Waals surface area contributed by atoms with Crippen LogP contribution in [0.2, 0.25) is 0 Å². The number of ether oxygens (including phenoxy) is 1. The monoisotopic (exact) mass is 428 g/mol. The number of halogens is 1. The Hall–Kier alpha value is -2.93. The number of hydrogen-bond acceptors (Lipinski definition) is 4. The maximum atomic E-state index is 12.9. The molecule has 4 amide bonds. The Bertz CT molecular complexity index is 951.